The van der Waals surface area contributed by atoms with E-state index < -0.39 is 10.1 Å². The first kappa shape index (κ1) is 14.5. The molecule has 1 N–H and O–H groups in total. The van der Waals surface area contributed by atoms with Gasteiger partial charge in [-0.05, 0) is 30.7 Å². The summed E-state index contributed by atoms with van der Waals surface area (Å²) in [6, 6.07) is 7.20. The van der Waals surface area contributed by atoms with Gasteiger partial charge in [0.2, 0.25) is 5.88 Å². The quantitative estimate of drug-likeness (QED) is 0.832. The summed E-state index contributed by atoms with van der Waals surface area (Å²) in [5.41, 5.74) is 1.16. The van der Waals surface area contributed by atoms with Crippen LogP contribution in [0.4, 0.5) is 4.39 Å². The number of nitrogens with zero attached hydrogens (tertiary/aromatic N) is 1. The zero-order valence-electron chi connectivity index (χ0n) is 11.0. The molecule has 7 heteroatoms. The predicted octanol–water partition coefficient (Wildman–Crippen LogP) is 2.72. The maximum Gasteiger partial charge on any atom is 0.310 e. The Kier molecular flexibility index (Phi) is 4.39. The van der Waals surface area contributed by atoms with Crippen LogP contribution in [0.5, 0.6) is 5.88 Å². The average Bonchev–Trinajstić information content (AvgIpc) is 2.85. The van der Waals surface area contributed by atoms with Crippen LogP contribution in [0.15, 0.2) is 30.3 Å². The molecule has 0 unspecified atom stereocenters. The summed E-state index contributed by atoms with van der Waals surface area (Å²) >= 11 is 0. The standard InChI is InChI=1S/C13H15FN2O3S/c1-2-3-8-20(17,18)19-13-9-12(15-16-13)10-4-6-11(14)7-5-10/h4-7,9H,2-3,8H2,1H3,(H,15,16). The number of hydrogen-bond donors (Lipinski definition) is 1. The van der Waals surface area contributed by atoms with Gasteiger partial charge in [-0.15, -0.1) is 0 Å². The number of nitrogens with one attached hydrogen (secondary N) is 1. The van der Waals surface area contributed by atoms with Gasteiger partial charge in [-0.25, -0.2) is 9.49 Å². The molecule has 0 spiro atoms. The van der Waals surface area contributed by atoms with E-state index in [9.17, 15) is 12.8 Å². The van der Waals surface area contributed by atoms with Crippen LogP contribution in [0, 0.1) is 5.82 Å². The van der Waals surface area contributed by atoms with Gasteiger partial charge in [-0.1, -0.05) is 13.3 Å². The minimum Gasteiger partial charge on any atom is -0.362 e. The summed E-state index contributed by atoms with van der Waals surface area (Å²) in [5, 5.41) is 6.45. The molecule has 0 saturated carbocycles. The molecule has 0 bridgehead atoms. The molecule has 1 aromatic carbocycles. The third-order valence-corrected chi connectivity index (χ3v) is 3.88. The van der Waals surface area contributed by atoms with Gasteiger partial charge in [0.25, 0.3) is 0 Å². The molecule has 1 heterocycles. The Morgan fingerprint density at radius 3 is 2.65 bits per heavy atom. The van der Waals surface area contributed by atoms with Crippen molar-refractivity contribution in [1.29, 1.82) is 0 Å². The first-order chi connectivity index (χ1) is 9.50. The highest BCUT2D eigenvalue weighted by Gasteiger charge is 2.14. The molecule has 0 radical (unpaired) electrons. The van der Waals surface area contributed by atoms with Crippen molar-refractivity contribution in [1.82, 2.24) is 10.2 Å². The number of H-pyrrole nitrogens is 1. The Morgan fingerprint density at radius 1 is 1.30 bits per heavy atom. The molecule has 0 aliphatic heterocycles. The Labute approximate surface area is 116 Å². The fourth-order valence-corrected chi connectivity index (χ4v) is 2.70. The van der Waals surface area contributed by atoms with Gasteiger partial charge in [-0.3, -0.25) is 0 Å². The highest BCUT2D eigenvalue weighted by molar-refractivity contribution is 7.87. The van der Waals surface area contributed by atoms with E-state index in [2.05, 4.69) is 10.2 Å². The van der Waals surface area contributed by atoms with Gasteiger partial charge in [0.15, 0.2) is 0 Å². The summed E-state index contributed by atoms with van der Waals surface area (Å²) in [4.78, 5) is 0. The van der Waals surface area contributed by atoms with E-state index in [-0.39, 0.29) is 17.5 Å². The average molecular weight is 298 g/mol. The molecule has 0 aliphatic carbocycles. The van der Waals surface area contributed by atoms with Gasteiger partial charge in [-0.2, -0.15) is 13.5 Å². The van der Waals surface area contributed by atoms with Gasteiger partial charge in [0, 0.05) is 11.6 Å². The Balaban J connectivity index is 2.11. The number of benzene rings is 1. The highest BCUT2D eigenvalue weighted by atomic mass is 32.2. The van der Waals surface area contributed by atoms with Crippen molar-refractivity contribution >= 4 is 10.1 Å². The van der Waals surface area contributed by atoms with E-state index in [4.69, 9.17) is 4.18 Å². The van der Waals surface area contributed by atoms with Crippen molar-refractivity contribution in [2.45, 2.75) is 19.8 Å². The van der Waals surface area contributed by atoms with E-state index in [1.807, 2.05) is 6.92 Å². The molecular weight excluding hydrogens is 283 g/mol. The minimum atomic E-state index is -3.60. The van der Waals surface area contributed by atoms with Crippen molar-refractivity contribution in [3.63, 3.8) is 0 Å². The van der Waals surface area contributed by atoms with E-state index in [0.29, 0.717) is 17.7 Å². The third-order valence-electron chi connectivity index (χ3n) is 2.66. The first-order valence-electron chi connectivity index (χ1n) is 6.23. The van der Waals surface area contributed by atoms with Crippen LogP contribution in [-0.2, 0) is 10.1 Å². The fourth-order valence-electron chi connectivity index (χ4n) is 1.61. The van der Waals surface area contributed by atoms with E-state index >= 15 is 0 Å². The van der Waals surface area contributed by atoms with Crippen LogP contribution in [0.1, 0.15) is 19.8 Å². The lowest BCUT2D eigenvalue weighted by molar-refractivity contribution is 0.473. The molecule has 0 atom stereocenters. The molecule has 20 heavy (non-hydrogen) atoms. The van der Waals surface area contributed by atoms with Crippen LogP contribution >= 0.6 is 0 Å². The Bertz CT molecular complexity index is 665. The molecule has 0 aliphatic rings. The first-order valence-corrected chi connectivity index (χ1v) is 7.81. The molecule has 5 nitrogen and oxygen atoms in total. The third kappa shape index (κ3) is 3.80. The minimum absolute atomic E-state index is 0.0333. The SMILES string of the molecule is CCCCS(=O)(=O)Oc1cc(-c2ccc(F)cc2)n[nH]1. The summed E-state index contributed by atoms with van der Waals surface area (Å²) in [6.45, 7) is 1.90. The van der Waals surface area contributed by atoms with Crippen LogP contribution in [0.25, 0.3) is 11.3 Å². The predicted molar refractivity (Wildman–Crippen MR) is 73.3 cm³/mol. The second-order valence-corrected chi connectivity index (χ2v) is 6.01. The zero-order chi connectivity index (χ0) is 14.6. The number of aromatic amines is 1. The number of aromatic nitrogens is 2. The lowest BCUT2D eigenvalue weighted by atomic mass is 10.1. The zero-order valence-corrected chi connectivity index (χ0v) is 11.8. The van der Waals surface area contributed by atoms with Crippen molar-refractivity contribution in [3.05, 3.63) is 36.1 Å². The molecule has 1 aromatic heterocycles. The molecule has 2 aromatic rings. The second-order valence-electron chi connectivity index (χ2n) is 4.32. The fraction of sp³-hybridized carbons (Fsp3) is 0.308. The monoisotopic (exact) mass is 298 g/mol. The molecule has 0 fully saturated rings. The van der Waals surface area contributed by atoms with Crippen molar-refractivity contribution in [2.24, 2.45) is 0 Å². The number of halogens is 1. The van der Waals surface area contributed by atoms with E-state index in [0.717, 1.165) is 6.42 Å². The number of unbranched alkanes of at least 4 members (excludes halogenated alkanes) is 1. The second kappa shape index (κ2) is 6.04. The summed E-state index contributed by atoms with van der Waals surface area (Å²) < 4.78 is 41.0. The number of rotatable bonds is 6. The summed E-state index contributed by atoms with van der Waals surface area (Å²) in [5.74, 6) is -0.322. The smallest absolute Gasteiger partial charge is 0.310 e. The van der Waals surface area contributed by atoms with Crippen molar-refractivity contribution in [2.75, 3.05) is 5.75 Å². The number of hydrogen-bond acceptors (Lipinski definition) is 4. The van der Waals surface area contributed by atoms with Crippen LogP contribution in [-0.4, -0.2) is 24.4 Å². The maximum atomic E-state index is 12.8. The Morgan fingerprint density at radius 2 is 2.00 bits per heavy atom. The van der Waals surface area contributed by atoms with E-state index in [1.165, 1.54) is 18.2 Å². The molecule has 108 valence electrons. The van der Waals surface area contributed by atoms with Crippen LogP contribution < -0.4 is 4.18 Å². The van der Waals surface area contributed by atoms with E-state index in [1.54, 1.807) is 12.1 Å². The van der Waals surface area contributed by atoms with Crippen LogP contribution in [0.2, 0.25) is 0 Å². The lowest BCUT2D eigenvalue weighted by Gasteiger charge is -2.02. The van der Waals surface area contributed by atoms with Crippen molar-refractivity contribution in [3.8, 4) is 17.1 Å². The van der Waals surface area contributed by atoms with Gasteiger partial charge in [0.1, 0.15) is 5.82 Å². The molecular formula is C13H15FN2O3S. The maximum absolute atomic E-state index is 12.8. The topological polar surface area (TPSA) is 72.1 Å². The summed E-state index contributed by atoms with van der Waals surface area (Å²) in [7, 11) is -3.60. The Hall–Kier alpha value is -1.89. The lowest BCUT2D eigenvalue weighted by Crippen LogP contribution is -2.13. The normalized spacial score (nSPS) is 11.5. The van der Waals surface area contributed by atoms with Crippen LogP contribution in [0.3, 0.4) is 0 Å². The molecule has 2 rings (SSSR count). The molecule has 0 amide bonds. The highest BCUT2D eigenvalue weighted by Crippen LogP contribution is 2.22. The molecule has 0 saturated heterocycles. The van der Waals surface area contributed by atoms with Gasteiger partial charge >= 0.3 is 10.1 Å². The van der Waals surface area contributed by atoms with Crippen molar-refractivity contribution < 1.29 is 17.0 Å². The van der Waals surface area contributed by atoms with Gasteiger partial charge in [0.05, 0.1) is 11.4 Å². The largest absolute Gasteiger partial charge is 0.362 e. The summed E-state index contributed by atoms with van der Waals surface area (Å²) in [6.07, 6.45) is 1.31. The van der Waals surface area contributed by atoms with Gasteiger partial charge < -0.3 is 4.18 Å².